The summed E-state index contributed by atoms with van der Waals surface area (Å²) in [6.07, 6.45) is 7.78. The molecule has 0 bridgehead atoms. The number of thiophene rings is 1. The Balaban J connectivity index is 2.14. The number of rotatable bonds is 0. The number of pyridine rings is 2. The summed E-state index contributed by atoms with van der Waals surface area (Å²) in [5, 5.41) is 2.35. The van der Waals surface area contributed by atoms with Gasteiger partial charge in [-0.05, 0) is 28.1 Å². The molecular weight excluding hydrogens is 358 g/mol. The summed E-state index contributed by atoms with van der Waals surface area (Å²) in [6, 6.07) is 4.32. The average molecular weight is 370 g/mol. The van der Waals surface area contributed by atoms with Crippen LogP contribution in [0, 0.1) is 0 Å². The second-order valence-electron chi connectivity index (χ2n) is 6.20. The fraction of sp³-hybridized carbons (Fsp3) is 0.176. The molecule has 22 heavy (non-hydrogen) atoms. The minimum Gasteiger partial charge on any atom is -0.308 e. The van der Waals surface area contributed by atoms with E-state index < -0.39 is 0 Å². The van der Waals surface area contributed by atoms with Gasteiger partial charge in [-0.25, -0.2) is 0 Å². The lowest BCUT2D eigenvalue weighted by molar-refractivity contribution is 0.642. The largest absolute Gasteiger partial charge is 0.308 e. The predicted molar refractivity (Wildman–Crippen MR) is 94.1 cm³/mol. The Hall–Kier alpha value is -1.72. The zero-order valence-corrected chi connectivity index (χ0v) is 14.5. The first-order valence-corrected chi connectivity index (χ1v) is 8.73. The lowest BCUT2D eigenvalue weighted by atomic mass is 9.80. The monoisotopic (exact) mass is 369 g/mol. The maximum absolute atomic E-state index is 4.51. The molecule has 5 heterocycles. The molecule has 0 saturated carbocycles. The first-order chi connectivity index (χ1) is 10.6. The first-order valence-electron chi connectivity index (χ1n) is 7.12. The van der Waals surface area contributed by atoms with Crippen LogP contribution in [0.25, 0.3) is 27.5 Å². The molecule has 4 aromatic heterocycles. The molecule has 0 spiro atoms. The van der Waals surface area contributed by atoms with Crippen LogP contribution in [0.1, 0.15) is 24.3 Å². The number of fused-ring (bicyclic) bond motifs is 5. The quantitative estimate of drug-likeness (QED) is 0.434. The van der Waals surface area contributed by atoms with Crippen molar-refractivity contribution in [3.8, 4) is 5.69 Å². The van der Waals surface area contributed by atoms with Gasteiger partial charge in [0.15, 0.2) is 0 Å². The van der Waals surface area contributed by atoms with E-state index in [2.05, 4.69) is 56.4 Å². The zero-order chi connectivity index (χ0) is 15.1. The topological polar surface area (TPSA) is 30.7 Å². The van der Waals surface area contributed by atoms with Gasteiger partial charge in [-0.15, -0.1) is 11.3 Å². The average Bonchev–Trinajstić information content (AvgIpc) is 3.04. The van der Waals surface area contributed by atoms with E-state index in [9.17, 15) is 0 Å². The Labute approximate surface area is 139 Å². The first kappa shape index (κ1) is 12.8. The molecule has 0 saturated heterocycles. The van der Waals surface area contributed by atoms with Gasteiger partial charge in [0, 0.05) is 51.4 Å². The van der Waals surface area contributed by atoms with E-state index >= 15 is 0 Å². The van der Waals surface area contributed by atoms with Gasteiger partial charge in [-0.1, -0.05) is 13.8 Å². The van der Waals surface area contributed by atoms with Gasteiger partial charge in [0.2, 0.25) is 0 Å². The van der Waals surface area contributed by atoms with Crippen molar-refractivity contribution in [3.63, 3.8) is 0 Å². The van der Waals surface area contributed by atoms with Gasteiger partial charge >= 0.3 is 0 Å². The van der Waals surface area contributed by atoms with Crippen LogP contribution in [-0.2, 0) is 5.41 Å². The highest BCUT2D eigenvalue weighted by atomic mass is 79.9. The molecule has 5 rings (SSSR count). The lowest BCUT2D eigenvalue weighted by Crippen LogP contribution is -2.24. The van der Waals surface area contributed by atoms with E-state index in [1.54, 1.807) is 0 Å². The van der Waals surface area contributed by atoms with Gasteiger partial charge in [0.1, 0.15) is 0 Å². The summed E-state index contributed by atoms with van der Waals surface area (Å²) in [7, 11) is 0. The van der Waals surface area contributed by atoms with E-state index in [0.717, 1.165) is 9.17 Å². The van der Waals surface area contributed by atoms with Crippen molar-refractivity contribution in [2.45, 2.75) is 19.3 Å². The molecule has 4 aromatic rings. The predicted octanol–water partition coefficient (Wildman–Crippen LogP) is 5.04. The number of hydrogen-bond donors (Lipinski definition) is 0. The van der Waals surface area contributed by atoms with Crippen LogP contribution in [0.2, 0.25) is 0 Å². The minimum atomic E-state index is -0.0453. The molecule has 5 heteroatoms. The normalized spacial score (nSPS) is 15.4. The summed E-state index contributed by atoms with van der Waals surface area (Å²) >= 11 is 5.48. The Morgan fingerprint density at radius 3 is 2.82 bits per heavy atom. The molecule has 0 aliphatic carbocycles. The molecule has 3 nitrogen and oxygen atoms in total. The number of nitrogens with zero attached hydrogens (tertiary/aromatic N) is 3. The molecule has 1 aliphatic heterocycles. The minimum absolute atomic E-state index is 0.0453. The summed E-state index contributed by atoms with van der Waals surface area (Å²) in [6.45, 7) is 4.56. The third-order valence-electron chi connectivity index (χ3n) is 4.63. The molecule has 0 fully saturated rings. The van der Waals surface area contributed by atoms with Crippen molar-refractivity contribution in [1.29, 1.82) is 0 Å². The van der Waals surface area contributed by atoms with E-state index in [4.69, 9.17) is 0 Å². The Bertz CT molecular complexity index is 1070. The van der Waals surface area contributed by atoms with Crippen LogP contribution >= 0.6 is 27.3 Å². The zero-order valence-electron chi connectivity index (χ0n) is 12.1. The Morgan fingerprint density at radius 1 is 1.14 bits per heavy atom. The molecule has 0 unspecified atom stereocenters. The molecule has 0 aromatic carbocycles. The third kappa shape index (κ3) is 1.36. The van der Waals surface area contributed by atoms with Crippen LogP contribution in [0.5, 0.6) is 0 Å². The Kier molecular flexibility index (Phi) is 2.31. The number of aromatic nitrogens is 3. The standard InChI is InChI=1S/C17H12BrN3S/c1-17(2)11-8-20-7-10-9-6-19-4-3-12(9)21(15(10)11)13-5-14(18)22-16(13)17/h3-8H,1-2H3. The molecule has 1 aliphatic rings. The summed E-state index contributed by atoms with van der Waals surface area (Å²) in [5.41, 5.74) is 4.97. The van der Waals surface area contributed by atoms with Gasteiger partial charge in [-0.2, -0.15) is 0 Å². The van der Waals surface area contributed by atoms with Crippen LogP contribution < -0.4 is 0 Å². The van der Waals surface area contributed by atoms with E-state index in [-0.39, 0.29) is 5.41 Å². The summed E-state index contributed by atoms with van der Waals surface area (Å²) in [4.78, 5) is 10.2. The second-order valence-corrected chi connectivity index (χ2v) is 8.63. The van der Waals surface area contributed by atoms with Crippen molar-refractivity contribution in [1.82, 2.24) is 14.5 Å². The highest BCUT2D eigenvalue weighted by Crippen LogP contribution is 2.50. The Morgan fingerprint density at radius 2 is 1.95 bits per heavy atom. The molecule has 108 valence electrons. The highest BCUT2D eigenvalue weighted by Gasteiger charge is 2.37. The third-order valence-corrected chi connectivity index (χ3v) is 6.59. The fourth-order valence-electron chi connectivity index (χ4n) is 3.60. The number of hydrogen-bond acceptors (Lipinski definition) is 3. The van der Waals surface area contributed by atoms with Gasteiger partial charge in [-0.3, -0.25) is 9.97 Å². The lowest BCUT2D eigenvalue weighted by Gasteiger charge is -2.31. The van der Waals surface area contributed by atoms with E-state index in [1.807, 2.05) is 36.1 Å². The van der Waals surface area contributed by atoms with Crippen molar-refractivity contribution < 1.29 is 0 Å². The van der Waals surface area contributed by atoms with Crippen LogP contribution in [0.4, 0.5) is 0 Å². The summed E-state index contributed by atoms with van der Waals surface area (Å²) in [5.74, 6) is 0. The van der Waals surface area contributed by atoms with Gasteiger partial charge < -0.3 is 4.57 Å². The molecule has 0 amide bonds. The van der Waals surface area contributed by atoms with Crippen molar-refractivity contribution in [3.05, 3.63) is 51.1 Å². The SMILES string of the molecule is CC1(C)c2sc(Br)cc2-n2c3ccncc3c3cncc1c32. The highest BCUT2D eigenvalue weighted by molar-refractivity contribution is 9.11. The van der Waals surface area contributed by atoms with Crippen molar-refractivity contribution in [2.75, 3.05) is 0 Å². The molecule has 0 radical (unpaired) electrons. The van der Waals surface area contributed by atoms with Crippen LogP contribution in [-0.4, -0.2) is 14.5 Å². The maximum atomic E-state index is 4.51. The van der Waals surface area contributed by atoms with Crippen LogP contribution in [0.3, 0.4) is 0 Å². The fourth-order valence-corrected chi connectivity index (χ4v) is 5.29. The van der Waals surface area contributed by atoms with E-state index in [0.29, 0.717) is 0 Å². The molecule has 0 N–H and O–H groups in total. The number of halogens is 1. The summed E-state index contributed by atoms with van der Waals surface area (Å²) < 4.78 is 3.53. The molecule has 0 atom stereocenters. The van der Waals surface area contributed by atoms with Crippen molar-refractivity contribution >= 4 is 49.1 Å². The van der Waals surface area contributed by atoms with Crippen LogP contribution in [0.15, 0.2) is 40.7 Å². The second kappa shape index (κ2) is 3.97. The van der Waals surface area contributed by atoms with Crippen molar-refractivity contribution in [2.24, 2.45) is 0 Å². The van der Waals surface area contributed by atoms with E-state index in [1.165, 1.54) is 32.5 Å². The van der Waals surface area contributed by atoms with Gasteiger partial charge in [0.05, 0.1) is 20.5 Å². The maximum Gasteiger partial charge on any atom is 0.0723 e. The molecular formula is C17H12BrN3S. The van der Waals surface area contributed by atoms with Gasteiger partial charge in [0.25, 0.3) is 0 Å². The smallest absolute Gasteiger partial charge is 0.0723 e.